The van der Waals surface area contributed by atoms with Gasteiger partial charge in [-0.1, -0.05) is 23.7 Å². The first-order valence-electron chi connectivity index (χ1n) is 7.44. The van der Waals surface area contributed by atoms with Crippen LogP contribution in [0.2, 0.25) is 5.02 Å². The van der Waals surface area contributed by atoms with Gasteiger partial charge in [-0.2, -0.15) is 5.26 Å². The number of hydrogen-bond acceptors (Lipinski definition) is 2. The van der Waals surface area contributed by atoms with Crippen LogP contribution in [0.1, 0.15) is 29.7 Å². The van der Waals surface area contributed by atoms with E-state index in [0.717, 1.165) is 5.56 Å². The maximum atomic E-state index is 13.8. The molecule has 2 aromatic rings. The number of guanidine groups is 1. The van der Waals surface area contributed by atoms with Gasteiger partial charge in [-0.15, -0.1) is 24.0 Å². The molecular weight excluding hydrogens is 454 g/mol. The number of hydrogen-bond donors (Lipinski definition) is 2. The van der Waals surface area contributed by atoms with Crippen molar-refractivity contribution in [2.45, 2.75) is 19.5 Å². The molecule has 0 saturated carbocycles. The Hall–Kier alpha value is -1.85. The highest BCUT2D eigenvalue weighted by atomic mass is 127. The first-order valence-corrected chi connectivity index (χ1v) is 7.82. The van der Waals surface area contributed by atoms with Crippen LogP contribution < -0.4 is 10.6 Å². The second-order valence-corrected chi connectivity index (χ2v) is 5.70. The summed E-state index contributed by atoms with van der Waals surface area (Å²) in [5.41, 5.74) is 1.85. The molecular formula is C18H19ClFIN4. The van der Waals surface area contributed by atoms with E-state index in [9.17, 15) is 4.39 Å². The maximum Gasteiger partial charge on any atom is 0.191 e. The lowest BCUT2D eigenvalue weighted by Crippen LogP contribution is -2.38. The van der Waals surface area contributed by atoms with Crippen molar-refractivity contribution >= 4 is 41.5 Å². The van der Waals surface area contributed by atoms with Gasteiger partial charge in [0.1, 0.15) is 5.82 Å². The van der Waals surface area contributed by atoms with Crippen LogP contribution in [0, 0.1) is 17.1 Å². The van der Waals surface area contributed by atoms with Gasteiger partial charge in [0, 0.05) is 24.2 Å². The fraction of sp³-hybridized carbons (Fsp3) is 0.222. The van der Waals surface area contributed by atoms with Crippen molar-refractivity contribution in [3.8, 4) is 6.07 Å². The highest BCUT2D eigenvalue weighted by Gasteiger charge is 2.09. The Morgan fingerprint density at radius 1 is 1.32 bits per heavy atom. The van der Waals surface area contributed by atoms with Crippen LogP contribution in [-0.2, 0) is 6.54 Å². The van der Waals surface area contributed by atoms with Gasteiger partial charge < -0.3 is 10.6 Å². The summed E-state index contributed by atoms with van der Waals surface area (Å²) in [4.78, 5) is 4.14. The van der Waals surface area contributed by atoms with E-state index in [4.69, 9.17) is 16.9 Å². The number of nitrogens with zero attached hydrogens (tertiary/aromatic N) is 2. The van der Waals surface area contributed by atoms with Crippen LogP contribution in [0.5, 0.6) is 0 Å². The molecule has 0 spiro atoms. The zero-order valence-corrected chi connectivity index (χ0v) is 17.0. The number of rotatable bonds is 4. The summed E-state index contributed by atoms with van der Waals surface area (Å²) in [6, 6.07) is 13.8. The van der Waals surface area contributed by atoms with Crippen LogP contribution in [0.4, 0.5) is 4.39 Å². The monoisotopic (exact) mass is 472 g/mol. The minimum Gasteiger partial charge on any atom is -0.352 e. The van der Waals surface area contributed by atoms with Crippen molar-refractivity contribution < 1.29 is 4.39 Å². The summed E-state index contributed by atoms with van der Waals surface area (Å²) in [6.45, 7) is 2.21. The molecule has 7 heteroatoms. The van der Waals surface area contributed by atoms with E-state index in [1.165, 1.54) is 18.2 Å². The third-order valence-corrected chi connectivity index (χ3v) is 3.78. The molecule has 0 radical (unpaired) electrons. The van der Waals surface area contributed by atoms with Gasteiger partial charge in [0.15, 0.2) is 5.96 Å². The van der Waals surface area contributed by atoms with Gasteiger partial charge in [0.25, 0.3) is 0 Å². The second-order valence-electron chi connectivity index (χ2n) is 5.26. The van der Waals surface area contributed by atoms with E-state index < -0.39 is 0 Å². The number of aliphatic imine (C=N–C) groups is 1. The molecule has 0 heterocycles. The molecule has 132 valence electrons. The molecule has 4 nitrogen and oxygen atoms in total. The van der Waals surface area contributed by atoms with E-state index in [0.29, 0.717) is 22.1 Å². The Morgan fingerprint density at radius 2 is 2.08 bits per heavy atom. The minimum absolute atomic E-state index is 0. The van der Waals surface area contributed by atoms with Crippen LogP contribution >= 0.6 is 35.6 Å². The van der Waals surface area contributed by atoms with Crippen molar-refractivity contribution in [1.29, 1.82) is 5.26 Å². The van der Waals surface area contributed by atoms with Gasteiger partial charge >= 0.3 is 0 Å². The van der Waals surface area contributed by atoms with Crippen LogP contribution in [0.15, 0.2) is 47.5 Å². The van der Waals surface area contributed by atoms with Gasteiger partial charge in [-0.25, -0.2) is 4.39 Å². The number of nitriles is 1. The lowest BCUT2D eigenvalue weighted by molar-refractivity contribution is 0.602. The third kappa shape index (κ3) is 6.18. The molecule has 0 fully saturated rings. The lowest BCUT2D eigenvalue weighted by Gasteiger charge is -2.18. The summed E-state index contributed by atoms with van der Waals surface area (Å²) < 4.78 is 13.8. The average Bonchev–Trinajstić information content (AvgIpc) is 2.59. The summed E-state index contributed by atoms with van der Waals surface area (Å²) >= 11 is 6.00. The van der Waals surface area contributed by atoms with Crippen molar-refractivity contribution in [3.05, 3.63) is 70.0 Å². The molecule has 1 atom stereocenters. The van der Waals surface area contributed by atoms with Gasteiger partial charge in [-0.3, -0.25) is 4.99 Å². The number of nitrogens with one attached hydrogen (secondary N) is 2. The van der Waals surface area contributed by atoms with Gasteiger partial charge in [0.05, 0.1) is 17.7 Å². The Bertz CT molecular complexity index is 789. The summed E-state index contributed by atoms with van der Waals surface area (Å²) in [5.74, 6) is 0.170. The maximum absolute atomic E-state index is 13.8. The molecule has 0 bridgehead atoms. The Morgan fingerprint density at radius 3 is 2.72 bits per heavy atom. The van der Waals surface area contributed by atoms with Crippen LogP contribution in [0.3, 0.4) is 0 Å². The molecule has 0 aliphatic heterocycles. The van der Waals surface area contributed by atoms with Crippen LogP contribution in [0.25, 0.3) is 0 Å². The molecule has 2 rings (SSSR count). The standard InChI is InChI=1S/C18H18ClFN4.HI/c1-12(14-4-3-5-16(19)9-14)24-18(22-2)23-11-15-8-13(10-21)6-7-17(15)20;/h3-9,12H,11H2,1-2H3,(H2,22,23,24);1H. The van der Waals surface area contributed by atoms with Crippen molar-refractivity contribution in [2.24, 2.45) is 4.99 Å². The van der Waals surface area contributed by atoms with Gasteiger partial charge in [0.2, 0.25) is 0 Å². The molecule has 1 unspecified atom stereocenters. The summed E-state index contributed by atoms with van der Waals surface area (Å²) in [7, 11) is 1.64. The Balaban J connectivity index is 0.00000312. The highest BCUT2D eigenvalue weighted by Crippen LogP contribution is 2.17. The molecule has 2 aromatic carbocycles. The topological polar surface area (TPSA) is 60.2 Å². The van der Waals surface area contributed by atoms with Gasteiger partial charge in [-0.05, 0) is 42.8 Å². The molecule has 0 saturated heterocycles. The normalized spacial score (nSPS) is 11.9. The molecule has 0 aromatic heterocycles. The van der Waals surface area contributed by atoms with Crippen LogP contribution in [-0.4, -0.2) is 13.0 Å². The largest absolute Gasteiger partial charge is 0.352 e. The molecule has 2 N–H and O–H groups in total. The Kier molecular flexibility index (Phi) is 8.66. The van der Waals surface area contributed by atoms with E-state index in [1.807, 2.05) is 37.3 Å². The zero-order chi connectivity index (χ0) is 17.5. The molecule has 0 amide bonds. The first-order chi connectivity index (χ1) is 11.5. The molecule has 0 aliphatic rings. The smallest absolute Gasteiger partial charge is 0.191 e. The first kappa shape index (κ1) is 21.2. The minimum atomic E-state index is -0.361. The lowest BCUT2D eigenvalue weighted by atomic mass is 10.1. The highest BCUT2D eigenvalue weighted by molar-refractivity contribution is 14.0. The zero-order valence-electron chi connectivity index (χ0n) is 13.9. The molecule has 25 heavy (non-hydrogen) atoms. The third-order valence-electron chi connectivity index (χ3n) is 3.55. The molecule has 0 aliphatic carbocycles. The van der Waals surface area contributed by atoms with E-state index in [2.05, 4.69) is 15.6 Å². The average molecular weight is 473 g/mol. The van der Waals surface area contributed by atoms with E-state index in [-0.39, 0.29) is 42.4 Å². The SMILES string of the molecule is CN=C(NCc1cc(C#N)ccc1F)NC(C)c1cccc(Cl)c1.I. The number of benzene rings is 2. The summed E-state index contributed by atoms with van der Waals surface area (Å²) in [5, 5.41) is 15.8. The summed E-state index contributed by atoms with van der Waals surface area (Å²) in [6.07, 6.45) is 0. The van der Waals surface area contributed by atoms with E-state index >= 15 is 0 Å². The van der Waals surface area contributed by atoms with Crippen molar-refractivity contribution in [3.63, 3.8) is 0 Å². The van der Waals surface area contributed by atoms with Crippen molar-refractivity contribution in [1.82, 2.24) is 10.6 Å². The fourth-order valence-corrected chi connectivity index (χ4v) is 2.42. The van der Waals surface area contributed by atoms with Crippen molar-refractivity contribution in [2.75, 3.05) is 7.05 Å². The fourth-order valence-electron chi connectivity index (χ4n) is 2.22. The quantitative estimate of drug-likeness (QED) is 0.394. The van der Waals surface area contributed by atoms with E-state index in [1.54, 1.807) is 7.05 Å². The predicted octanol–water partition coefficient (Wildman–Crippen LogP) is 4.39. The number of halogens is 3. The predicted molar refractivity (Wildman–Crippen MR) is 110 cm³/mol. The second kappa shape index (κ2) is 10.2. The Labute approximate surface area is 169 Å².